The quantitative estimate of drug-likeness (QED) is 0.760. The number of ether oxygens (including phenoxy) is 1. The van der Waals surface area contributed by atoms with Crippen LogP contribution in [-0.4, -0.2) is 22.6 Å². The molecule has 2 aromatic rings. The summed E-state index contributed by atoms with van der Waals surface area (Å²) < 4.78 is 6.39. The Morgan fingerprint density at radius 1 is 1.38 bits per heavy atom. The molecule has 1 unspecified atom stereocenters. The molecule has 0 spiro atoms. The van der Waals surface area contributed by atoms with Gasteiger partial charge in [0.2, 0.25) is 0 Å². The highest BCUT2D eigenvalue weighted by Gasteiger charge is 2.31. The zero-order valence-corrected chi connectivity index (χ0v) is 17.2. The minimum atomic E-state index is -0.245. The number of carbonyl (C=O) groups excluding carboxylic acids is 1. The number of aromatic nitrogens is 2. The molecular formula is C20H28N2O3S. The van der Waals surface area contributed by atoms with Gasteiger partial charge in [-0.15, -0.1) is 11.3 Å². The first kappa shape index (κ1) is 19.1. The molecule has 26 heavy (non-hydrogen) atoms. The van der Waals surface area contributed by atoms with Gasteiger partial charge < -0.3 is 4.74 Å². The minimum absolute atomic E-state index is 0.0454. The highest BCUT2D eigenvalue weighted by atomic mass is 32.1. The Balaban J connectivity index is 1.94. The van der Waals surface area contributed by atoms with E-state index in [1.165, 1.54) is 17.6 Å². The monoisotopic (exact) mass is 376 g/mol. The van der Waals surface area contributed by atoms with Gasteiger partial charge in [0.15, 0.2) is 0 Å². The highest BCUT2D eigenvalue weighted by Crippen LogP contribution is 2.42. The number of nitrogens with zero attached hydrogens (tertiary/aromatic N) is 2. The average Bonchev–Trinajstić information content (AvgIpc) is 2.93. The van der Waals surface area contributed by atoms with E-state index in [1.807, 2.05) is 6.92 Å². The van der Waals surface area contributed by atoms with E-state index >= 15 is 0 Å². The number of thiophene rings is 1. The largest absolute Gasteiger partial charge is 0.469 e. The van der Waals surface area contributed by atoms with Gasteiger partial charge in [0.25, 0.3) is 5.56 Å². The molecule has 0 aromatic carbocycles. The predicted octanol–water partition coefficient (Wildman–Crippen LogP) is 3.87. The summed E-state index contributed by atoms with van der Waals surface area (Å²) in [5.74, 6) is 1.12. The lowest BCUT2D eigenvalue weighted by molar-refractivity contribution is -0.140. The molecule has 0 N–H and O–H groups in total. The van der Waals surface area contributed by atoms with Gasteiger partial charge in [0.1, 0.15) is 10.7 Å². The first-order chi connectivity index (χ1) is 12.2. The molecule has 1 atom stereocenters. The number of rotatable bonds is 4. The highest BCUT2D eigenvalue weighted by molar-refractivity contribution is 7.18. The second kappa shape index (κ2) is 7.14. The Morgan fingerprint density at radius 2 is 2.12 bits per heavy atom. The van der Waals surface area contributed by atoms with Crippen LogP contribution in [0.4, 0.5) is 0 Å². The summed E-state index contributed by atoms with van der Waals surface area (Å²) in [6, 6.07) is 0. The zero-order chi connectivity index (χ0) is 19.1. The number of fused-ring (bicyclic) bond motifs is 3. The van der Waals surface area contributed by atoms with Crippen molar-refractivity contribution in [2.45, 2.75) is 66.3 Å². The second-order valence-electron chi connectivity index (χ2n) is 8.29. The summed E-state index contributed by atoms with van der Waals surface area (Å²) >= 11 is 1.69. The van der Waals surface area contributed by atoms with Crippen LogP contribution in [0, 0.1) is 18.3 Å². The second-order valence-corrected chi connectivity index (χ2v) is 9.37. The van der Waals surface area contributed by atoms with Gasteiger partial charge in [0, 0.05) is 17.8 Å². The first-order valence-corrected chi connectivity index (χ1v) is 10.1. The molecule has 0 saturated carbocycles. The average molecular weight is 377 g/mol. The molecule has 2 aromatic heterocycles. The Kier molecular flexibility index (Phi) is 5.24. The summed E-state index contributed by atoms with van der Waals surface area (Å²) in [7, 11) is 1.38. The van der Waals surface area contributed by atoms with Crippen LogP contribution in [0.15, 0.2) is 4.79 Å². The Morgan fingerprint density at radius 3 is 2.77 bits per heavy atom. The number of aryl methyl sites for hydroxylation is 2. The van der Waals surface area contributed by atoms with Crippen molar-refractivity contribution in [1.82, 2.24) is 9.55 Å². The van der Waals surface area contributed by atoms with Crippen LogP contribution >= 0.6 is 11.3 Å². The van der Waals surface area contributed by atoms with Gasteiger partial charge in [-0.2, -0.15) is 0 Å². The molecule has 0 saturated heterocycles. The van der Waals surface area contributed by atoms with E-state index in [4.69, 9.17) is 4.98 Å². The van der Waals surface area contributed by atoms with Gasteiger partial charge in [-0.05, 0) is 49.5 Å². The molecule has 1 aliphatic carbocycles. The zero-order valence-electron chi connectivity index (χ0n) is 16.3. The van der Waals surface area contributed by atoms with Crippen LogP contribution < -0.4 is 5.56 Å². The third kappa shape index (κ3) is 3.56. The molecule has 5 nitrogen and oxygen atoms in total. The summed E-state index contributed by atoms with van der Waals surface area (Å²) in [5.41, 5.74) is 1.54. The molecule has 142 valence electrons. The van der Waals surface area contributed by atoms with Gasteiger partial charge >= 0.3 is 5.97 Å². The number of carbonyl (C=O) groups is 1. The van der Waals surface area contributed by atoms with Crippen molar-refractivity contribution in [3.8, 4) is 0 Å². The Labute approximate surface area is 158 Å². The summed E-state index contributed by atoms with van der Waals surface area (Å²) in [6.45, 7) is 9.26. The Bertz CT molecular complexity index is 889. The van der Waals surface area contributed by atoms with Crippen molar-refractivity contribution in [2.24, 2.45) is 11.3 Å². The van der Waals surface area contributed by atoms with Crippen LogP contribution in [0.25, 0.3) is 10.2 Å². The van der Waals surface area contributed by atoms with Crippen LogP contribution in [0.3, 0.4) is 0 Å². The number of esters is 1. The lowest BCUT2D eigenvalue weighted by atomic mass is 9.72. The molecule has 0 amide bonds. The fourth-order valence-electron chi connectivity index (χ4n) is 3.85. The van der Waals surface area contributed by atoms with Crippen molar-refractivity contribution in [3.05, 3.63) is 26.6 Å². The smallest absolute Gasteiger partial charge is 0.305 e. The molecule has 0 fully saturated rings. The van der Waals surface area contributed by atoms with Crippen LogP contribution in [0.2, 0.25) is 0 Å². The fraction of sp³-hybridized carbons (Fsp3) is 0.650. The van der Waals surface area contributed by atoms with Gasteiger partial charge in [-0.3, -0.25) is 14.2 Å². The standard InChI is InChI=1S/C20H28N2O3S/c1-12-21-18-17(19(24)22(12)10-6-7-16(23)25-5)14-9-8-13(20(2,3)4)11-15(14)26-18/h13H,6-11H2,1-5H3. The van der Waals surface area contributed by atoms with E-state index in [0.29, 0.717) is 25.3 Å². The number of hydrogen-bond donors (Lipinski definition) is 0. The maximum Gasteiger partial charge on any atom is 0.305 e. The molecule has 0 bridgehead atoms. The Hall–Kier alpha value is -1.69. The van der Waals surface area contributed by atoms with Gasteiger partial charge in [-0.25, -0.2) is 4.98 Å². The molecule has 1 aliphatic rings. The van der Waals surface area contributed by atoms with Crippen molar-refractivity contribution < 1.29 is 9.53 Å². The maximum absolute atomic E-state index is 13.1. The van der Waals surface area contributed by atoms with Crippen LogP contribution in [0.1, 0.15) is 56.3 Å². The van der Waals surface area contributed by atoms with E-state index in [0.717, 1.165) is 35.3 Å². The topological polar surface area (TPSA) is 61.2 Å². The minimum Gasteiger partial charge on any atom is -0.469 e. The SMILES string of the molecule is COC(=O)CCCn1c(C)nc2sc3c(c2c1=O)CCC(C(C)(C)C)C3. The van der Waals surface area contributed by atoms with Crippen molar-refractivity contribution >= 4 is 27.5 Å². The van der Waals surface area contributed by atoms with Crippen molar-refractivity contribution in [3.63, 3.8) is 0 Å². The maximum atomic E-state index is 13.1. The molecule has 2 heterocycles. The number of hydrogen-bond acceptors (Lipinski definition) is 5. The fourth-order valence-corrected chi connectivity index (χ4v) is 5.18. The lowest BCUT2D eigenvalue weighted by Gasteiger charge is -2.33. The van der Waals surface area contributed by atoms with Gasteiger partial charge in [-0.1, -0.05) is 20.8 Å². The first-order valence-electron chi connectivity index (χ1n) is 9.31. The molecular weight excluding hydrogens is 348 g/mol. The molecule has 0 aliphatic heterocycles. The third-order valence-electron chi connectivity index (χ3n) is 5.57. The third-order valence-corrected chi connectivity index (χ3v) is 6.72. The lowest BCUT2D eigenvalue weighted by Crippen LogP contribution is -2.27. The van der Waals surface area contributed by atoms with Crippen LogP contribution in [0.5, 0.6) is 0 Å². The predicted molar refractivity (Wildman–Crippen MR) is 105 cm³/mol. The van der Waals surface area contributed by atoms with E-state index in [1.54, 1.807) is 15.9 Å². The van der Waals surface area contributed by atoms with E-state index in [9.17, 15) is 9.59 Å². The summed E-state index contributed by atoms with van der Waals surface area (Å²) in [5, 5.41) is 0.807. The van der Waals surface area contributed by atoms with Gasteiger partial charge in [0.05, 0.1) is 12.5 Å². The summed E-state index contributed by atoms with van der Waals surface area (Å²) in [4.78, 5) is 31.4. The normalized spacial score (nSPS) is 17.3. The molecule has 0 radical (unpaired) electrons. The van der Waals surface area contributed by atoms with Crippen molar-refractivity contribution in [2.75, 3.05) is 7.11 Å². The van der Waals surface area contributed by atoms with E-state index in [2.05, 4.69) is 25.5 Å². The van der Waals surface area contributed by atoms with Crippen molar-refractivity contribution in [1.29, 1.82) is 0 Å². The number of methoxy groups -OCH3 is 1. The van der Waals surface area contributed by atoms with E-state index in [-0.39, 0.29) is 16.9 Å². The molecule has 3 rings (SSSR count). The van der Waals surface area contributed by atoms with E-state index < -0.39 is 0 Å². The molecule has 6 heteroatoms. The van der Waals surface area contributed by atoms with Crippen LogP contribution in [-0.2, 0) is 28.9 Å². The summed E-state index contributed by atoms with van der Waals surface area (Å²) in [6.07, 6.45) is 4.02.